The van der Waals surface area contributed by atoms with Crippen LogP contribution >= 0.6 is 22.6 Å². The van der Waals surface area contributed by atoms with Gasteiger partial charge in [0.15, 0.2) is 0 Å². The molecule has 2 N–H and O–H groups in total. The molecule has 17 heavy (non-hydrogen) atoms. The van der Waals surface area contributed by atoms with Crippen LogP contribution in [0.4, 0.5) is 10.1 Å². The zero-order valence-electron chi connectivity index (χ0n) is 9.89. The Morgan fingerprint density at radius 2 is 2.24 bits per heavy atom. The lowest BCUT2D eigenvalue weighted by Crippen LogP contribution is -2.36. The monoisotopic (exact) mass is 350 g/mol. The minimum atomic E-state index is -0.274. The standard InChI is InChI=1S/C12H16FIN2O/c1-3-8(2)16-12(17)7-15-11-5-4-9(13)6-10(11)14/h4-6,8,15H,3,7H2,1-2H3,(H,16,17). The highest BCUT2D eigenvalue weighted by Crippen LogP contribution is 2.18. The summed E-state index contributed by atoms with van der Waals surface area (Å²) in [4.78, 5) is 11.5. The van der Waals surface area contributed by atoms with E-state index in [1.807, 2.05) is 36.4 Å². The van der Waals surface area contributed by atoms with Crippen molar-refractivity contribution >= 4 is 34.2 Å². The molecule has 1 aromatic carbocycles. The Balaban J connectivity index is 2.47. The van der Waals surface area contributed by atoms with Crippen LogP contribution in [0.15, 0.2) is 18.2 Å². The molecule has 0 aliphatic heterocycles. The average molecular weight is 350 g/mol. The molecule has 0 saturated carbocycles. The molecular weight excluding hydrogens is 334 g/mol. The summed E-state index contributed by atoms with van der Waals surface area (Å²) in [5.41, 5.74) is 0.770. The first-order valence-electron chi connectivity index (χ1n) is 5.51. The van der Waals surface area contributed by atoms with Gasteiger partial charge in [0.25, 0.3) is 0 Å². The van der Waals surface area contributed by atoms with Crippen LogP contribution in [0.25, 0.3) is 0 Å². The average Bonchev–Trinajstić information content (AvgIpc) is 2.27. The quantitative estimate of drug-likeness (QED) is 0.802. The Labute approximate surface area is 114 Å². The first-order chi connectivity index (χ1) is 8.02. The van der Waals surface area contributed by atoms with E-state index in [0.29, 0.717) is 0 Å². The Kier molecular flexibility index (Phi) is 5.67. The smallest absolute Gasteiger partial charge is 0.239 e. The molecule has 0 spiro atoms. The third-order valence-electron chi connectivity index (χ3n) is 2.39. The fourth-order valence-electron chi connectivity index (χ4n) is 1.24. The van der Waals surface area contributed by atoms with Gasteiger partial charge in [-0.2, -0.15) is 0 Å². The molecule has 0 bridgehead atoms. The highest BCUT2D eigenvalue weighted by molar-refractivity contribution is 14.1. The highest BCUT2D eigenvalue weighted by Gasteiger charge is 2.06. The van der Waals surface area contributed by atoms with Crippen molar-refractivity contribution in [3.63, 3.8) is 0 Å². The maximum Gasteiger partial charge on any atom is 0.239 e. The fraction of sp³-hybridized carbons (Fsp3) is 0.417. The molecular formula is C12H16FIN2O. The Morgan fingerprint density at radius 1 is 1.53 bits per heavy atom. The summed E-state index contributed by atoms with van der Waals surface area (Å²) in [5.74, 6) is -0.330. The maximum atomic E-state index is 12.9. The Hall–Kier alpha value is -0.850. The minimum absolute atomic E-state index is 0.0560. The SMILES string of the molecule is CCC(C)NC(=O)CNc1ccc(F)cc1I. The van der Waals surface area contributed by atoms with E-state index in [0.717, 1.165) is 15.7 Å². The first-order valence-corrected chi connectivity index (χ1v) is 6.59. The number of rotatable bonds is 5. The van der Waals surface area contributed by atoms with Gasteiger partial charge in [-0.05, 0) is 54.1 Å². The van der Waals surface area contributed by atoms with Crippen LogP contribution in [0.1, 0.15) is 20.3 Å². The second-order valence-corrected chi connectivity index (χ2v) is 5.02. The third-order valence-corrected chi connectivity index (χ3v) is 3.28. The lowest BCUT2D eigenvalue weighted by atomic mass is 10.2. The summed E-state index contributed by atoms with van der Waals surface area (Å²) >= 11 is 2.03. The van der Waals surface area contributed by atoms with Crippen LogP contribution in [0.5, 0.6) is 0 Å². The van der Waals surface area contributed by atoms with Gasteiger partial charge < -0.3 is 10.6 Å². The maximum absolute atomic E-state index is 12.9. The topological polar surface area (TPSA) is 41.1 Å². The van der Waals surface area contributed by atoms with Crippen molar-refractivity contribution in [2.45, 2.75) is 26.3 Å². The van der Waals surface area contributed by atoms with Gasteiger partial charge in [0.2, 0.25) is 5.91 Å². The minimum Gasteiger partial charge on any atom is -0.375 e. The van der Waals surface area contributed by atoms with E-state index in [2.05, 4.69) is 10.6 Å². The summed E-state index contributed by atoms with van der Waals surface area (Å²) in [5, 5.41) is 5.84. The van der Waals surface area contributed by atoms with E-state index >= 15 is 0 Å². The molecule has 0 fully saturated rings. The van der Waals surface area contributed by atoms with Crippen LogP contribution in [0.2, 0.25) is 0 Å². The summed E-state index contributed by atoms with van der Waals surface area (Å²) < 4.78 is 13.6. The van der Waals surface area contributed by atoms with E-state index in [1.165, 1.54) is 12.1 Å². The number of halogens is 2. The Morgan fingerprint density at radius 3 is 2.82 bits per heavy atom. The Bertz CT molecular complexity index is 398. The van der Waals surface area contributed by atoms with E-state index in [-0.39, 0.29) is 24.3 Å². The number of carbonyl (C=O) groups excluding carboxylic acids is 1. The van der Waals surface area contributed by atoms with Crippen molar-refractivity contribution in [3.05, 3.63) is 27.6 Å². The van der Waals surface area contributed by atoms with Crippen LogP contribution in [-0.2, 0) is 4.79 Å². The molecule has 0 aromatic heterocycles. The molecule has 1 aromatic rings. The predicted octanol–water partition coefficient (Wildman–Crippen LogP) is 2.76. The largest absolute Gasteiger partial charge is 0.375 e. The lowest BCUT2D eigenvalue weighted by Gasteiger charge is -2.13. The van der Waals surface area contributed by atoms with Crippen molar-refractivity contribution in [3.8, 4) is 0 Å². The van der Waals surface area contributed by atoms with E-state index in [1.54, 1.807) is 6.07 Å². The van der Waals surface area contributed by atoms with E-state index < -0.39 is 0 Å². The summed E-state index contributed by atoms with van der Waals surface area (Å²) in [6.07, 6.45) is 0.903. The number of amides is 1. The van der Waals surface area contributed by atoms with Gasteiger partial charge in [0.1, 0.15) is 5.82 Å². The molecule has 5 heteroatoms. The third kappa shape index (κ3) is 4.89. The second kappa shape index (κ2) is 6.78. The molecule has 0 radical (unpaired) electrons. The zero-order valence-corrected chi connectivity index (χ0v) is 12.0. The van der Waals surface area contributed by atoms with Crippen LogP contribution in [0.3, 0.4) is 0 Å². The molecule has 1 unspecified atom stereocenters. The normalized spacial score (nSPS) is 12.0. The van der Waals surface area contributed by atoms with Crippen molar-refractivity contribution < 1.29 is 9.18 Å². The molecule has 94 valence electrons. The zero-order chi connectivity index (χ0) is 12.8. The van der Waals surface area contributed by atoms with Gasteiger partial charge in [0, 0.05) is 15.3 Å². The second-order valence-electron chi connectivity index (χ2n) is 3.85. The number of hydrogen-bond donors (Lipinski definition) is 2. The number of carbonyl (C=O) groups is 1. The van der Waals surface area contributed by atoms with Gasteiger partial charge in [0.05, 0.1) is 6.54 Å². The van der Waals surface area contributed by atoms with Gasteiger partial charge in [-0.3, -0.25) is 4.79 Å². The number of anilines is 1. The number of nitrogens with one attached hydrogen (secondary N) is 2. The number of hydrogen-bond acceptors (Lipinski definition) is 2. The summed E-state index contributed by atoms with van der Waals surface area (Å²) in [7, 11) is 0. The summed E-state index contributed by atoms with van der Waals surface area (Å²) in [6.45, 7) is 4.17. The van der Waals surface area contributed by atoms with E-state index in [9.17, 15) is 9.18 Å². The first kappa shape index (κ1) is 14.2. The van der Waals surface area contributed by atoms with Gasteiger partial charge in [-0.25, -0.2) is 4.39 Å². The number of benzene rings is 1. The molecule has 0 aliphatic carbocycles. The van der Waals surface area contributed by atoms with Crippen LogP contribution in [-0.4, -0.2) is 18.5 Å². The van der Waals surface area contributed by atoms with Crippen LogP contribution in [0, 0.1) is 9.39 Å². The van der Waals surface area contributed by atoms with Crippen molar-refractivity contribution in [2.75, 3.05) is 11.9 Å². The fourth-order valence-corrected chi connectivity index (χ4v) is 1.90. The molecule has 1 atom stereocenters. The molecule has 3 nitrogen and oxygen atoms in total. The lowest BCUT2D eigenvalue weighted by molar-refractivity contribution is -0.120. The summed E-state index contributed by atoms with van der Waals surface area (Å²) in [6, 6.07) is 4.61. The molecule has 0 heterocycles. The predicted molar refractivity (Wildman–Crippen MR) is 75.5 cm³/mol. The van der Waals surface area contributed by atoms with Crippen molar-refractivity contribution in [1.82, 2.24) is 5.32 Å². The molecule has 0 saturated heterocycles. The van der Waals surface area contributed by atoms with Crippen molar-refractivity contribution in [2.24, 2.45) is 0 Å². The molecule has 1 amide bonds. The van der Waals surface area contributed by atoms with Gasteiger partial charge in [-0.15, -0.1) is 0 Å². The molecule has 1 rings (SSSR count). The molecule has 0 aliphatic rings. The van der Waals surface area contributed by atoms with Crippen molar-refractivity contribution in [1.29, 1.82) is 0 Å². The van der Waals surface area contributed by atoms with Crippen LogP contribution < -0.4 is 10.6 Å². The van der Waals surface area contributed by atoms with Gasteiger partial charge >= 0.3 is 0 Å². The van der Waals surface area contributed by atoms with E-state index in [4.69, 9.17) is 0 Å². The van der Waals surface area contributed by atoms with Gasteiger partial charge in [-0.1, -0.05) is 6.92 Å². The highest BCUT2D eigenvalue weighted by atomic mass is 127.